The molecule has 0 aliphatic carbocycles. The lowest BCUT2D eigenvalue weighted by atomic mass is 10.1. The van der Waals surface area contributed by atoms with Gasteiger partial charge >= 0.3 is 0 Å². The van der Waals surface area contributed by atoms with Gasteiger partial charge in [-0.1, -0.05) is 35.3 Å². The highest BCUT2D eigenvalue weighted by molar-refractivity contribution is 6.36. The number of benzene rings is 1. The number of carbonyl (C=O) groups is 1. The SMILES string of the molecule is CN1CCN(c2ccc(CNC(=O)Cc3c(Cl)cccc3Cl)cn2)CC1. The highest BCUT2D eigenvalue weighted by Crippen LogP contribution is 2.24. The van der Waals surface area contributed by atoms with Gasteiger partial charge in [0.1, 0.15) is 5.82 Å². The van der Waals surface area contributed by atoms with Crippen molar-refractivity contribution >= 4 is 34.9 Å². The molecule has 2 heterocycles. The second-order valence-corrected chi connectivity index (χ2v) is 7.28. The molecule has 2 aromatic rings. The number of carbonyl (C=O) groups excluding carboxylic acids is 1. The summed E-state index contributed by atoms with van der Waals surface area (Å²) >= 11 is 12.2. The number of nitrogens with zero attached hydrogens (tertiary/aromatic N) is 3. The van der Waals surface area contributed by atoms with Crippen LogP contribution in [0.2, 0.25) is 10.0 Å². The summed E-state index contributed by atoms with van der Waals surface area (Å²) in [7, 11) is 2.13. The number of hydrogen-bond donors (Lipinski definition) is 1. The minimum absolute atomic E-state index is 0.122. The monoisotopic (exact) mass is 392 g/mol. The zero-order valence-corrected chi connectivity index (χ0v) is 16.2. The fraction of sp³-hybridized carbons (Fsp3) is 0.368. The Morgan fingerprint density at radius 3 is 2.42 bits per heavy atom. The van der Waals surface area contributed by atoms with Crippen molar-refractivity contribution in [1.82, 2.24) is 15.2 Å². The molecule has 3 rings (SSSR count). The molecule has 1 aromatic carbocycles. The van der Waals surface area contributed by atoms with Gasteiger partial charge < -0.3 is 15.1 Å². The van der Waals surface area contributed by atoms with Crippen molar-refractivity contribution in [2.24, 2.45) is 0 Å². The molecule has 7 heteroatoms. The van der Waals surface area contributed by atoms with E-state index in [4.69, 9.17) is 23.2 Å². The highest BCUT2D eigenvalue weighted by atomic mass is 35.5. The summed E-state index contributed by atoms with van der Waals surface area (Å²) in [6, 6.07) is 9.24. The Balaban J connectivity index is 1.52. The summed E-state index contributed by atoms with van der Waals surface area (Å²) in [5.74, 6) is 0.860. The van der Waals surface area contributed by atoms with Crippen molar-refractivity contribution in [2.45, 2.75) is 13.0 Å². The Labute approximate surface area is 163 Å². The molecule has 1 fully saturated rings. The van der Waals surface area contributed by atoms with Gasteiger partial charge in [0, 0.05) is 49.0 Å². The number of anilines is 1. The van der Waals surface area contributed by atoms with Crippen LogP contribution in [0.3, 0.4) is 0 Å². The first-order valence-electron chi connectivity index (χ1n) is 8.61. The van der Waals surface area contributed by atoms with Crippen LogP contribution in [-0.2, 0) is 17.8 Å². The number of hydrogen-bond acceptors (Lipinski definition) is 4. The smallest absolute Gasteiger partial charge is 0.224 e. The topological polar surface area (TPSA) is 48.5 Å². The Kier molecular flexibility index (Phi) is 6.35. The number of pyridine rings is 1. The van der Waals surface area contributed by atoms with Crippen LogP contribution in [0.15, 0.2) is 36.5 Å². The Bertz CT molecular complexity index is 738. The summed E-state index contributed by atoms with van der Waals surface area (Å²) in [5.41, 5.74) is 1.61. The minimum atomic E-state index is -0.122. The maximum Gasteiger partial charge on any atom is 0.224 e. The molecular weight excluding hydrogens is 371 g/mol. The zero-order chi connectivity index (χ0) is 18.5. The van der Waals surface area contributed by atoms with Crippen LogP contribution in [0.4, 0.5) is 5.82 Å². The van der Waals surface area contributed by atoms with E-state index in [9.17, 15) is 4.79 Å². The molecule has 138 valence electrons. The average Bonchev–Trinajstić information content (AvgIpc) is 2.64. The molecule has 0 atom stereocenters. The molecule has 1 saturated heterocycles. The molecule has 1 N–H and O–H groups in total. The number of likely N-dealkylation sites (N-methyl/N-ethyl adjacent to an activating group) is 1. The number of halogens is 2. The molecule has 1 aliphatic heterocycles. The van der Waals surface area contributed by atoms with Gasteiger partial charge in [0.05, 0.1) is 6.42 Å². The van der Waals surface area contributed by atoms with Crippen LogP contribution in [0, 0.1) is 0 Å². The second kappa shape index (κ2) is 8.71. The van der Waals surface area contributed by atoms with Crippen molar-refractivity contribution in [3.05, 3.63) is 57.7 Å². The molecule has 1 aliphatic rings. The van der Waals surface area contributed by atoms with E-state index >= 15 is 0 Å². The van der Waals surface area contributed by atoms with Crippen molar-refractivity contribution in [3.8, 4) is 0 Å². The molecule has 0 bridgehead atoms. The average molecular weight is 393 g/mol. The van der Waals surface area contributed by atoms with E-state index in [0.717, 1.165) is 37.6 Å². The number of amides is 1. The van der Waals surface area contributed by atoms with Gasteiger partial charge in [-0.25, -0.2) is 4.98 Å². The number of rotatable bonds is 5. The quantitative estimate of drug-likeness (QED) is 0.849. The van der Waals surface area contributed by atoms with Gasteiger partial charge in [0.25, 0.3) is 0 Å². The molecule has 1 aromatic heterocycles. The van der Waals surface area contributed by atoms with Crippen molar-refractivity contribution in [3.63, 3.8) is 0 Å². The second-order valence-electron chi connectivity index (χ2n) is 6.47. The molecule has 0 radical (unpaired) electrons. The third kappa shape index (κ3) is 4.87. The van der Waals surface area contributed by atoms with Crippen LogP contribution in [0.1, 0.15) is 11.1 Å². The van der Waals surface area contributed by atoms with E-state index in [1.54, 1.807) is 18.2 Å². The summed E-state index contributed by atoms with van der Waals surface area (Å²) in [5, 5.41) is 3.90. The Morgan fingerprint density at radius 2 is 1.81 bits per heavy atom. The first kappa shape index (κ1) is 19.0. The maximum atomic E-state index is 12.2. The molecule has 0 unspecified atom stereocenters. The van der Waals surface area contributed by atoms with Crippen LogP contribution < -0.4 is 10.2 Å². The fourth-order valence-electron chi connectivity index (χ4n) is 2.87. The summed E-state index contributed by atoms with van der Waals surface area (Å²) in [4.78, 5) is 21.3. The molecular formula is C19H22Cl2N4O. The lowest BCUT2D eigenvalue weighted by Crippen LogP contribution is -2.44. The standard InChI is InChI=1S/C19H22Cl2N4O/c1-24-7-9-25(10-8-24)18-6-5-14(12-22-18)13-23-19(26)11-15-16(20)3-2-4-17(15)21/h2-6,12H,7-11,13H2,1H3,(H,23,26). The first-order valence-corrected chi connectivity index (χ1v) is 9.36. The highest BCUT2D eigenvalue weighted by Gasteiger charge is 2.15. The van der Waals surface area contributed by atoms with E-state index in [1.807, 2.05) is 18.3 Å². The number of aromatic nitrogens is 1. The normalized spacial score (nSPS) is 15.1. The van der Waals surface area contributed by atoms with E-state index < -0.39 is 0 Å². The maximum absolute atomic E-state index is 12.2. The minimum Gasteiger partial charge on any atom is -0.354 e. The van der Waals surface area contributed by atoms with Gasteiger partial charge in [0.15, 0.2) is 0 Å². The van der Waals surface area contributed by atoms with Crippen LogP contribution in [0.5, 0.6) is 0 Å². The molecule has 1 amide bonds. The molecule has 5 nitrogen and oxygen atoms in total. The van der Waals surface area contributed by atoms with E-state index in [1.165, 1.54) is 0 Å². The van der Waals surface area contributed by atoms with Gasteiger partial charge in [-0.15, -0.1) is 0 Å². The third-order valence-corrected chi connectivity index (χ3v) is 5.23. The molecule has 0 spiro atoms. The number of nitrogens with one attached hydrogen (secondary N) is 1. The molecule has 26 heavy (non-hydrogen) atoms. The van der Waals surface area contributed by atoms with Crippen LogP contribution >= 0.6 is 23.2 Å². The van der Waals surface area contributed by atoms with Gasteiger partial charge in [-0.3, -0.25) is 4.79 Å². The summed E-state index contributed by atoms with van der Waals surface area (Å²) in [6.07, 6.45) is 1.97. The third-order valence-electron chi connectivity index (χ3n) is 4.53. The van der Waals surface area contributed by atoms with Gasteiger partial charge in [-0.05, 0) is 36.4 Å². The Hall–Kier alpha value is -1.82. The molecule has 0 saturated carbocycles. The van der Waals surface area contributed by atoms with Crippen molar-refractivity contribution < 1.29 is 4.79 Å². The van der Waals surface area contributed by atoms with Crippen LogP contribution in [0.25, 0.3) is 0 Å². The Morgan fingerprint density at radius 1 is 1.12 bits per heavy atom. The fourth-order valence-corrected chi connectivity index (χ4v) is 3.40. The van der Waals surface area contributed by atoms with Gasteiger partial charge in [-0.2, -0.15) is 0 Å². The van der Waals surface area contributed by atoms with E-state index in [2.05, 4.69) is 27.1 Å². The van der Waals surface area contributed by atoms with E-state index in [0.29, 0.717) is 22.2 Å². The summed E-state index contributed by atoms with van der Waals surface area (Å²) in [6.45, 7) is 4.49. The van der Waals surface area contributed by atoms with Gasteiger partial charge in [0.2, 0.25) is 5.91 Å². The van der Waals surface area contributed by atoms with Crippen molar-refractivity contribution in [2.75, 3.05) is 38.1 Å². The largest absolute Gasteiger partial charge is 0.354 e. The number of piperazine rings is 1. The lowest BCUT2D eigenvalue weighted by Gasteiger charge is -2.33. The summed E-state index contributed by atoms with van der Waals surface area (Å²) < 4.78 is 0. The predicted octanol–water partition coefficient (Wildman–Crippen LogP) is 3.00. The zero-order valence-electron chi connectivity index (χ0n) is 14.7. The lowest BCUT2D eigenvalue weighted by molar-refractivity contribution is -0.120. The first-order chi connectivity index (χ1) is 12.5. The van der Waals surface area contributed by atoms with Crippen molar-refractivity contribution in [1.29, 1.82) is 0 Å². The van der Waals surface area contributed by atoms with E-state index in [-0.39, 0.29) is 12.3 Å². The van der Waals surface area contributed by atoms with Crippen LogP contribution in [-0.4, -0.2) is 49.0 Å². The predicted molar refractivity (Wildman–Crippen MR) is 106 cm³/mol.